The standard InChI is InChI=1S/C11H6Br3ClS/c12-7-4-2-1-3-6(7)10(13)9-5-8(15)11(14)16-9/h1-5,10H. The van der Waals surface area contributed by atoms with Gasteiger partial charge in [0.15, 0.2) is 0 Å². The van der Waals surface area contributed by atoms with E-state index in [1.165, 1.54) is 10.4 Å². The van der Waals surface area contributed by atoms with Gasteiger partial charge in [-0.2, -0.15) is 0 Å². The molecule has 0 nitrogen and oxygen atoms in total. The molecule has 0 bridgehead atoms. The van der Waals surface area contributed by atoms with Crippen LogP contribution in [0.25, 0.3) is 0 Å². The van der Waals surface area contributed by atoms with E-state index in [9.17, 15) is 0 Å². The Bertz CT molecular complexity index is 490. The lowest BCUT2D eigenvalue weighted by molar-refractivity contribution is 1.21. The second kappa shape index (κ2) is 5.53. The highest BCUT2D eigenvalue weighted by atomic mass is 79.9. The molecule has 0 fully saturated rings. The van der Waals surface area contributed by atoms with Gasteiger partial charge < -0.3 is 0 Å². The molecule has 1 unspecified atom stereocenters. The van der Waals surface area contributed by atoms with Crippen LogP contribution >= 0.6 is 70.7 Å². The van der Waals surface area contributed by atoms with Crippen LogP contribution in [-0.4, -0.2) is 0 Å². The van der Waals surface area contributed by atoms with Crippen LogP contribution in [0.1, 0.15) is 15.3 Å². The van der Waals surface area contributed by atoms with Crippen molar-refractivity contribution < 1.29 is 0 Å². The summed E-state index contributed by atoms with van der Waals surface area (Å²) in [5.74, 6) is 0. The van der Waals surface area contributed by atoms with Crippen LogP contribution in [0.4, 0.5) is 0 Å². The van der Waals surface area contributed by atoms with Gasteiger partial charge in [0.2, 0.25) is 0 Å². The van der Waals surface area contributed by atoms with Gasteiger partial charge in [-0.3, -0.25) is 0 Å². The van der Waals surface area contributed by atoms with Gasteiger partial charge in [0, 0.05) is 9.35 Å². The van der Waals surface area contributed by atoms with Gasteiger partial charge in [-0.1, -0.05) is 61.7 Å². The summed E-state index contributed by atoms with van der Waals surface area (Å²) < 4.78 is 2.07. The van der Waals surface area contributed by atoms with Crippen LogP contribution in [-0.2, 0) is 0 Å². The maximum Gasteiger partial charge on any atom is 0.0887 e. The smallest absolute Gasteiger partial charge is 0.0887 e. The van der Waals surface area contributed by atoms with Crippen molar-refractivity contribution in [3.05, 3.63) is 54.1 Å². The molecule has 0 aliphatic rings. The number of thiophene rings is 1. The van der Waals surface area contributed by atoms with Crippen molar-refractivity contribution in [2.45, 2.75) is 4.83 Å². The van der Waals surface area contributed by atoms with E-state index in [4.69, 9.17) is 11.6 Å². The fourth-order valence-corrected chi connectivity index (χ4v) is 4.70. The summed E-state index contributed by atoms with van der Waals surface area (Å²) in [4.78, 5) is 1.35. The van der Waals surface area contributed by atoms with E-state index >= 15 is 0 Å². The maximum absolute atomic E-state index is 6.03. The number of alkyl halides is 1. The molecular weight excluding hydrogens is 439 g/mol. The summed E-state index contributed by atoms with van der Waals surface area (Å²) in [6.07, 6.45) is 0. The van der Waals surface area contributed by atoms with Gasteiger partial charge in [0.05, 0.1) is 13.6 Å². The molecular formula is C11H6Br3ClS. The van der Waals surface area contributed by atoms with E-state index in [1.54, 1.807) is 11.3 Å². The molecule has 0 spiro atoms. The molecule has 2 aromatic rings. The molecule has 0 saturated carbocycles. The highest BCUT2D eigenvalue weighted by Crippen LogP contribution is 2.42. The van der Waals surface area contributed by atoms with E-state index in [0.717, 1.165) is 13.3 Å². The van der Waals surface area contributed by atoms with Crippen LogP contribution < -0.4 is 0 Å². The minimum absolute atomic E-state index is 0.164. The molecule has 84 valence electrons. The minimum Gasteiger partial charge on any atom is -0.130 e. The predicted molar refractivity (Wildman–Crippen MR) is 81.9 cm³/mol. The number of rotatable bonds is 2. The SMILES string of the molecule is Clc1cc(C(Br)c2ccccc2Br)sc1Br. The molecule has 5 heteroatoms. The van der Waals surface area contributed by atoms with Crippen molar-refractivity contribution in [3.63, 3.8) is 0 Å². The van der Waals surface area contributed by atoms with E-state index in [2.05, 4.69) is 53.9 Å². The largest absolute Gasteiger partial charge is 0.130 e. The first-order chi connectivity index (χ1) is 7.59. The van der Waals surface area contributed by atoms with Crippen molar-refractivity contribution in [3.8, 4) is 0 Å². The topological polar surface area (TPSA) is 0 Å². The third-order valence-electron chi connectivity index (χ3n) is 2.09. The summed E-state index contributed by atoms with van der Waals surface area (Å²) >= 11 is 18.3. The normalized spacial score (nSPS) is 12.8. The zero-order valence-corrected chi connectivity index (χ0v) is 14.2. The Morgan fingerprint density at radius 1 is 1.19 bits per heavy atom. The molecule has 0 amide bonds. The lowest BCUT2D eigenvalue weighted by Gasteiger charge is -2.09. The second-order valence-electron chi connectivity index (χ2n) is 3.15. The monoisotopic (exact) mass is 442 g/mol. The highest BCUT2D eigenvalue weighted by Gasteiger charge is 2.16. The van der Waals surface area contributed by atoms with E-state index in [-0.39, 0.29) is 4.83 Å². The molecule has 0 aliphatic carbocycles. The van der Waals surface area contributed by atoms with Gasteiger partial charge in [0.25, 0.3) is 0 Å². The van der Waals surface area contributed by atoms with E-state index < -0.39 is 0 Å². The first kappa shape index (κ1) is 13.1. The minimum atomic E-state index is 0.164. The molecule has 16 heavy (non-hydrogen) atoms. The van der Waals surface area contributed by atoms with Crippen molar-refractivity contribution in [1.29, 1.82) is 0 Å². The molecule has 1 atom stereocenters. The zero-order chi connectivity index (χ0) is 11.7. The molecule has 0 saturated heterocycles. The van der Waals surface area contributed by atoms with Crippen LogP contribution in [0.5, 0.6) is 0 Å². The first-order valence-corrected chi connectivity index (χ1v) is 8.12. The third kappa shape index (κ3) is 2.72. The van der Waals surface area contributed by atoms with Gasteiger partial charge in [0.1, 0.15) is 0 Å². The van der Waals surface area contributed by atoms with Crippen LogP contribution in [0, 0.1) is 0 Å². The van der Waals surface area contributed by atoms with Crippen molar-refractivity contribution in [1.82, 2.24) is 0 Å². The van der Waals surface area contributed by atoms with Crippen molar-refractivity contribution in [2.75, 3.05) is 0 Å². The maximum atomic E-state index is 6.03. The Morgan fingerprint density at radius 3 is 2.44 bits per heavy atom. The number of benzene rings is 1. The molecule has 0 aliphatic heterocycles. The lowest BCUT2D eigenvalue weighted by atomic mass is 10.1. The number of hydrogen-bond donors (Lipinski definition) is 0. The van der Waals surface area contributed by atoms with Crippen LogP contribution in [0.15, 0.2) is 38.6 Å². The molecule has 1 aromatic carbocycles. The predicted octanol–water partition coefficient (Wildman–Crippen LogP) is 6.41. The molecule has 1 aromatic heterocycles. The van der Waals surface area contributed by atoms with Crippen LogP contribution in [0.2, 0.25) is 5.02 Å². The van der Waals surface area contributed by atoms with Gasteiger partial charge >= 0.3 is 0 Å². The molecule has 0 radical (unpaired) electrons. The van der Waals surface area contributed by atoms with Gasteiger partial charge in [-0.15, -0.1) is 11.3 Å². The Kier molecular flexibility index (Phi) is 4.52. The Balaban J connectivity index is 2.39. The summed E-state index contributed by atoms with van der Waals surface area (Å²) in [5.41, 5.74) is 1.20. The molecule has 0 N–H and O–H groups in total. The van der Waals surface area contributed by atoms with E-state index in [1.807, 2.05) is 24.3 Å². The second-order valence-corrected chi connectivity index (χ2v) is 7.73. The number of halogens is 4. The zero-order valence-electron chi connectivity index (χ0n) is 7.88. The first-order valence-electron chi connectivity index (χ1n) is 4.43. The van der Waals surface area contributed by atoms with Gasteiger partial charge in [-0.05, 0) is 33.6 Å². The summed E-state index contributed by atoms with van der Waals surface area (Å²) in [7, 11) is 0. The Morgan fingerprint density at radius 2 is 1.88 bits per heavy atom. The average molecular weight is 445 g/mol. The van der Waals surface area contributed by atoms with E-state index in [0.29, 0.717) is 0 Å². The average Bonchev–Trinajstić information content (AvgIpc) is 2.59. The fraction of sp³-hybridized carbons (Fsp3) is 0.0909. The summed E-state index contributed by atoms with van der Waals surface area (Å²) in [6, 6.07) is 10.1. The third-order valence-corrected chi connectivity index (χ3v) is 6.64. The summed E-state index contributed by atoms with van der Waals surface area (Å²) in [6.45, 7) is 0. The number of hydrogen-bond acceptors (Lipinski definition) is 1. The Labute approximate surface area is 128 Å². The quantitative estimate of drug-likeness (QED) is 0.469. The van der Waals surface area contributed by atoms with Crippen molar-refractivity contribution in [2.24, 2.45) is 0 Å². The Hall–Kier alpha value is 0.650. The molecule has 1 heterocycles. The summed E-state index contributed by atoms with van der Waals surface area (Å²) in [5, 5.41) is 0.761. The lowest BCUT2D eigenvalue weighted by Crippen LogP contribution is -1.90. The van der Waals surface area contributed by atoms with Crippen molar-refractivity contribution >= 4 is 70.7 Å². The highest BCUT2D eigenvalue weighted by molar-refractivity contribution is 9.11. The molecule has 2 rings (SSSR count). The van der Waals surface area contributed by atoms with Gasteiger partial charge in [-0.25, -0.2) is 0 Å². The van der Waals surface area contributed by atoms with Crippen LogP contribution in [0.3, 0.4) is 0 Å². The fourth-order valence-electron chi connectivity index (χ4n) is 1.32.